The smallest absolute Gasteiger partial charge is 0.313 e. The summed E-state index contributed by atoms with van der Waals surface area (Å²) in [5.41, 5.74) is 0.900. The van der Waals surface area contributed by atoms with Crippen LogP contribution >= 0.6 is 50.3 Å². The van der Waals surface area contributed by atoms with Gasteiger partial charge in [0.15, 0.2) is 5.82 Å². The van der Waals surface area contributed by atoms with Crippen molar-refractivity contribution in [2.24, 2.45) is 0 Å². The Morgan fingerprint density at radius 1 is 1.56 bits per heavy atom. The summed E-state index contributed by atoms with van der Waals surface area (Å²) in [5, 5.41) is 15.8. The highest BCUT2D eigenvalue weighted by molar-refractivity contribution is 14.1. The summed E-state index contributed by atoms with van der Waals surface area (Å²) < 4.78 is 2.00. The third-order valence-corrected chi connectivity index (χ3v) is 4.17. The number of benzene rings is 1. The number of thioether (sulfide) groups is 1. The molecule has 8 heteroatoms. The van der Waals surface area contributed by atoms with Crippen molar-refractivity contribution in [3.8, 4) is 11.4 Å². The Morgan fingerprint density at radius 2 is 2.33 bits per heavy atom. The number of carboxylic acid groups (broad SMARTS) is 1. The Bertz CT molecular complexity index is 590. The number of rotatable bonds is 4. The summed E-state index contributed by atoms with van der Waals surface area (Å²) in [7, 11) is 0. The van der Waals surface area contributed by atoms with Crippen LogP contribution in [0.25, 0.3) is 11.4 Å². The number of carbonyl (C=O) groups is 1. The van der Waals surface area contributed by atoms with Gasteiger partial charge in [0.2, 0.25) is 5.16 Å². The van der Waals surface area contributed by atoms with E-state index in [1.54, 1.807) is 0 Å². The molecule has 1 aromatic heterocycles. The van der Waals surface area contributed by atoms with Crippen molar-refractivity contribution in [3.63, 3.8) is 0 Å². The Labute approximate surface area is 129 Å². The number of H-pyrrole nitrogens is 1. The molecule has 5 nitrogen and oxygen atoms in total. The summed E-state index contributed by atoms with van der Waals surface area (Å²) in [6.07, 6.45) is 0. The zero-order valence-electron chi connectivity index (χ0n) is 8.85. The molecular formula is C10H7BrIN3O2S. The van der Waals surface area contributed by atoms with Gasteiger partial charge in [0, 0.05) is 13.6 Å². The second kappa shape index (κ2) is 6.02. The van der Waals surface area contributed by atoms with Crippen molar-refractivity contribution in [3.05, 3.63) is 26.2 Å². The Kier molecular flexibility index (Phi) is 4.62. The molecule has 0 spiro atoms. The molecule has 94 valence electrons. The average molecular weight is 440 g/mol. The lowest BCUT2D eigenvalue weighted by Gasteiger charge is -2.00. The number of aromatic nitrogens is 3. The van der Waals surface area contributed by atoms with Crippen molar-refractivity contribution >= 4 is 56.3 Å². The maximum Gasteiger partial charge on any atom is 0.313 e. The second-order valence-corrected chi connectivity index (χ2v) is 6.32. The van der Waals surface area contributed by atoms with Gasteiger partial charge in [-0.3, -0.25) is 9.89 Å². The zero-order valence-corrected chi connectivity index (χ0v) is 13.4. The maximum atomic E-state index is 10.5. The fourth-order valence-corrected chi connectivity index (χ4v) is 2.68. The number of nitrogens with one attached hydrogen (secondary N) is 1. The lowest BCUT2D eigenvalue weighted by Crippen LogP contribution is -1.97. The van der Waals surface area contributed by atoms with Crippen molar-refractivity contribution in [2.45, 2.75) is 5.16 Å². The first-order valence-electron chi connectivity index (χ1n) is 4.78. The van der Waals surface area contributed by atoms with E-state index in [1.807, 2.05) is 18.2 Å². The van der Waals surface area contributed by atoms with Crippen molar-refractivity contribution < 1.29 is 9.90 Å². The summed E-state index contributed by atoms with van der Waals surface area (Å²) in [6, 6.07) is 5.88. The molecule has 0 saturated carbocycles. The molecule has 1 heterocycles. The van der Waals surface area contributed by atoms with Crippen LogP contribution < -0.4 is 0 Å². The Hall–Kier alpha value is -0.610. The third kappa shape index (κ3) is 3.45. The SMILES string of the molecule is O=C(O)CSc1n[nH]c(-c2cc(I)ccc2Br)n1. The molecule has 0 aliphatic heterocycles. The first kappa shape index (κ1) is 13.8. The van der Waals surface area contributed by atoms with Gasteiger partial charge in [-0.2, -0.15) is 0 Å². The molecule has 0 radical (unpaired) electrons. The number of nitrogens with zero attached hydrogens (tertiary/aromatic N) is 2. The minimum Gasteiger partial charge on any atom is -0.481 e. The van der Waals surface area contributed by atoms with Gasteiger partial charge in [-0.1, -0.05) is 27.7 Å². The fraction of sp³-hybridized carbons (Fsp3) is 0.100. The van der Waals surface area contributed by atoms with Crippen LogP contribution in [0.5, 0.6) is 0 Å². The highest BCUT2D eigenvalue weighted by atomic mass is 127. The first-order chi connectivity index (χ1) is 8.56. The molecule has 18 heavy (non-hydrogen) atoms. The van der Waals surface area contributed by atoms with Gasteiger partial charge >= 0.3 is 5.97 Å². The van der Waals surface area contributed by atoms with Gasteiger partial charge in [-0.25, -0.2) is 4.98 Å². The molecule has 2 rings (SSSR count). The van der Waals surface area contributed by atoms with E-state index in [0.29, 0.717) is 11.0 Å². The van der Waals surface area contributed by atoms with Gasteiger partial charge in [0.25, 0.3) is 0 Å². The van der Waals surface area contributed by atoms with E-state index in [4.69, 9.17) is 5.11 Å². The van der Waals surface area contributed by atoms with Gasteiger partial charge in [0.05, 0.1) is 5.75 Å². The predicted molar refractivity (Wildman–Crippen MR) is 80.6 cm³/mol. The predicted octanol–water partition coefficient (Wildman–Crippen LogP) is 3.02. The molecule has 0 fully saturated rings. The van der Waals surface area contributed by atoms with Crippen LogP contribution in [-0.4, -0.2) is 32.0 Å². The van der Waals surface area contributed by atoms with Crippen molar-refractivity contribution in [1.29, 1.82) is 0 Å². The summed E-state index contributed by atoms with van der Waals surface area (Å²) >= 11 is 6.75. The van der Waals surface area contributed by atoms with E-state index in [1.165, 1.54) is 0 Å². The molecule has 0 saturated heterocycles. The highest BCUT2D eigenvalue weighted by Crippen LogP contribution is 2.28. The molecule has 0 bridgehead atoms. The summed E-state index contributed by atoms with van der Waals surface area (Å²) in [5.74, 6) is -0.319. The first-order valence-corrected chi connectivity index (χ1v) is 7.64. The van der Waals surface area contributed by atoms with Gasteiger partial charge in [0.1, 0.15) is 0 Å². The molecule has 0 aliphatic carbocycles. The van der Waals surface area contributed by atoms with E-state index >= 15 is 0 Å². The largest absolute Gasteiger partial charge is 0.481 e. The summed E-state index contributed by atoms with van der Waals surface area (Å²) in [6.45, 7) is 0. The standard InChI is InChI=1S/C10H7BrIN3O2S/c11-7-2-1-5(12)3-6(7)9-13-10(15-14-9)18-4-8(16)17/h1-3H,4H2,(H,16,17)(H,13,14,15). The monoisotopic (exact) mass is 439 g/mol. The van der Waals surface area contributed by atoms with Gasteiger partial charge in [-0.15, -0.1) is 5.10 Å². The van der Waals surface area contributed by atoms with E-state index < -0.39 is 5.97 Å². The van der Waals surface area contributed by atoms with Crippen LogP contribution in [-0.2, 0) is 4.79 Å². The van der Waals surface area contributed by atoms with Crippen LogP contribution in [0, 0.1) is 3.57 Å². The lowest BCUT2D eigenvalue weighted by atomic mass is 10.2. The number of aromatic amines is 1. The molecule has 0 aliphatic rings. The maximum absolute atomic E-state index is 10.5. The summed E-state index contributed by atoms with van der Waals surface area (Å²) in [4.78, 5) is 14.7. The van der Waals surface area contributed by atoms with Crippen molar-refractivity contribution in [1.82, 2.24) is 15.2 Å². The molecule has 2 N–H and O–H groups in total. The van der Waals surface area contributed by atoms with Crippen LogP contribution in [0.1, 0.15) is 0 Å². The average Bonchev–Trinajstić information content (AvgIpc) is 2.78. The van der Waals surface area contributed by atoms with Crippen molar-refractivity contribution in [2.75, 3.05) is 5.75 Å². The Morgan fingerprint density at radius 3 is 3.06 bits per heavy atom. The molecule has 0 amide bonds. The van der Waals surface area contributed by atoms with Crippen LogP contribution in [0.4, 0.5) is 0 Å². The number of hydrogen-bond donors (Lipinski definition) is 2. The molecule has 2 aromatic rings. The third-order valence-electron chi connectivity index (χ3n) is 1.97. The van der Waals surface area contributed by atoms with Gasteiger partial charge in [-0.05, 0) is 40.8 Å². The van der Waals surface area contributed by atoms with Crippen LogP contribution in [0.2, 0.25) is 0 Å². The molecule has 1 aromatic carbocycles. The second-order valence-electron chi connectivity index (χ2n) is 3.27. The van der Waals surface area contributed by atoms with Gasteiger partial charge < -0.3 is 5.11 Å². The van der Waals surface area contributed by atoms with E-state index in [2.05, 4.69) is 53.7 Å². The zero-order chi connectivity index (χ0) is 13.1. The normalized spacial score (nSPS) is 10.6. The number of carboxylic acids is 1. The molecule has 0 unspecified atom stereocenters. The molecule has 0 atom stereocenters. The quantitative estimate of drug-likeness (QED) is 0.565. The van der Waals surface area contributed by atoms with Crippen LogP contribution in [0.15, 0.2) is 27.8 Å². The molecular weight excluding hydrogens is 433 g/mol. The Balaban J connectivity index is 2.23. The fourth-order valence-electron chi connectivity index (χ4n) is 1.24. The number of halogens is 2. The van der Waals surface area contributed by atoms with Crippen LogP contribution in [0.3, 0.4) is 0 Å². The highest BCUT2D eigenvalue weighted by Gasteiger charge is 2.10. The van der Waals surface area contributed by atoms with E-state index in [0.717, 1.165) is 25.4 Å². The van der Waals surface area contributed by atoms with E-state index in [-0.39, 0.29) is 5.75 Å². The van der Waals surface area contributed by atoms with E-state index in [9.17, 15) is 4.79 Å². The number of hydrogen-bond acceptors (Lipinski definition) is 4. The minimum absolute atomic E-state index is 0.0508. The number of aliphatic carboxylic acids is 1. The minimum atomic E-state index is -0.887. The topological polar surface area (TPSA) is 78.9 Å². The lowest BCUT2D eigenvalue weighted by molar-refractivity contribution is -0.133.